The summed E-state index contributed by atoms with van der Waals surface area (Å²) in [7, 11) is 0. The van der Waals surface area contributed by atoms with E-state index in [1.54, 1.807) is 0 Å². The zero-order chi connectivity index (χ0) is 12.3. The van der Waals surface area contributed by atoms with Crippen molar-refractivity contribution >= 4 is 11.9 Å². The van der Waals surface area contributed by atoms with E-state index in [1.165, 1.54) is 12.3 Å². The number of aromatic carboxylic acids is 1. The Morgan fingerprint density at radius 2 is 2.12 bits per heavy atom. The van der Waals surface area contributed by atoms with Crippen LogP contribution in [0.25, 0.3) is 0 Å². The van der Waals surface area contributed by atoms with Gasteiger partial charge in [0, 0.05) is 12.2 Å². The molecule has 5 nitrogen and oxygen atoms in total. The molecule has 16 heavy (non-hydrogen) atoms. The van der Waals surface area contributed by atoms with Crippen LogP contribution in [0, 0.1) is 5.41 Å². The van der Waals surface area contributed by atoms with Crippen molar-refractivity contribution in [1.82, 2.24) is 9.97 Å². The van der Waals surface area contributed by atoms with Crippen molar-refractivity contribution in [3.05, 3.63) is 18.0 Å². The fourth-order valence-corrected chi connectivity index (χ4v) is 0.958. The Kier molecular flexibility index (Phi) is 3.47. The molecule has 2 N–H and O–H groups in total. The Morgan fingerprint density at radius 1 is 1.50 bits per heavy atom. The number of carboxylic acid groups (broad SMARTS) is 1. The van der Waals surface area contributed by atoms with Crippen molar-refractivity contribution < 1.29 is 9.90 Å². The highest BCUT2D eigenvalue weighted by molar-refractivity contribution is 5.85. The number of aromatic nitrogens is 2. The highest BCUT2D eigenvalue weighted by Gasteiger charge is 2.20. The summed E-state index contributed by atoms with van der Waals surface area (Å²) >= 11 is 0. The van der Waals surface area contributed by atoms with Crippen LogP contribution in [0.1, 0.15) is 38.2 Å². The summed E-state index contributed by atoms with van der Waals surface area (Å²) in [6.07, 6.45) is 1.44. The van der Waals surface area contributed by atoms with Gasteiger partial charge >= 0.3 is 5.97 Å². The number of hydrogen-bond donors (Lipinski definition) is 2. The lowest BCUT2D eigenvalue weighted by Gasteiger charge is -2.27. The number of nitrogens with one attached hydrogen (secondary N) is 1. The SMILES string of the molecule is CC(Nc1nccc(C(=O)O)n1)C(C)(C)C. The van der Waals surface area contributed by atoms with Crippen LogP contribution in [0.5, 0.6) is 0 Å². The van der Waals surface area contributed by atoms with E-state index in [2.05, 4.69) is 36.1 Å². The van der Waals surface area contributed by atoms with E-state index in [0.717, 1.165) is 0 Å². The normalized spacial score (nSPS) is 13.2. The first-order valence-corrected chi connectivity index (χ1v) is 5.13. The molecule has 0 aliphatic carbocycles. The molecule has 0 fully saturated rings. The first-order chi connectivity index (χ1) is 7.30. The maximum absolute atomic E-state index is 10.7. The Hall–Kier alpha value is -1.65. The number of nitrogens with zero attached hydrogens (tertiary/aromatic N) is 2. The summed E-state index contributed by atoms with van der Waals surface area (Å²) in [5.41, 5.74) is 0.0568. The highest BCUT2D eigenvalue weighted by Crippen LogP contribution is 2.21. The zero-order valence-corrected chi connectivity index (χ0v) is 9.98. The number of hydrogen-bond acceptors (Lipinski definition) is 4. The van der Waals surface area contributed by atoms with E-state index in [9.17, 15) is 4.79 Å². The number of anilines is 1. The topological polar surface area (TPSA) is 75.1 Å². The zero-order valence-electron chi connectivity index (χ0n) is 9.98. The minimum atomic E-state index is -1.05. The second kappa shape index (κ2) is 4.47. The molecule has 1 aromatic rings. The van der Waals surface area contributed by atoms with Gasteiger partial charge in [0.15, 0.2) is 5.69 Å². The smallest absolute Gasteiger partial charge is 0.354 e. The molecule has 1 unspecified atom stereocenters. The van der Waals surface area contributed by atoms with Gasteiger partial charge in [0.05, 0.1) is 0 Å². The van der Waals surface area contributed by atoms with Crippen LogP contribution in [-0.4, -0.2) is 27.1 Å². The molecule has 0 saturated carbocycles. The van der Waals surface area contributed by atoms with Gasteiger partial charge in [-0.2, -0.15) is 0 Å². The summed E-state index contributed by atoms with van der Waals surface area (Å²) < 4.78 is 0. The second-order valence-corrected chi connectivity index (χ2v) is 4.80. The van der Waals surface area contributed by atoms with Crippen molar-refractivity contribution in [3.8, 4) is 0 Å². The molecule has 1 rings (SSSR count). The summed E-state index contributed by atoms with van der Waals surface area (Å²) in [4.78, 5) is 18.6. The molecule has 0 saturated heterocycles. The van der Waals surface area contributed by atoms with E-state index in [1.807, 2.05) is 6.92 Å². The van der Waals surface area contributed by atoms with Crippen molar-refractivity contribution in [2.45, 2.75) is 33.7 Å². The van der Waals surface area contributed by atoms with E-state index in [-0.39, 0.29) is 17.2 Å². The average Bonchev–Trinajstić information content (AvgIpc) is 2.16. The quantitative estimate of drug-likeness (QED) is 0.820. The van der Waals surface area contributed by atoms with Gasteiger partial charge in [-0.1, -0.05) is 20.8 Å². The summed E-state index contributed by atoms with van der Waals surface area (Å²) in [5.74, 6) is -0.698. The fourth-order valence-electron chi connectivity index (χ4n) is 0.958. The first kappa shape index (κ1) is 12.4. The lowest BCUT2D eigenvalue weighted by Crippen LogP contribution is -2.31. The van der Waals surface area contributed by atoms with Gasteiger partial charge < -0.3 is 10.4 Å². The molecule has 0 aromatic carbocycles. The average molecular weight is 223 g/mol. The maximum Gasteiger partial charge on any atom is 0.354 e. The molecule has 5 heteroatoms. The summed E-state index contributed by atoms with van der Waals surface area (Å²) in [6, 6.07) is 1.52. The van der Waals surface area contributed by atoms with Crippen molar-refractivity contribution in [2.24, 2.45) is 5.41 Å². The van der Waals surface area contributed by atoms with E-state index in [4.69, 9.17) is 5.11 Å². The molecule has 0 spiro atoms. The van der Waals surface area contributed by atoms with Gasteiger partial charge in [0.2, 0.25) is 5.95 Å². The molecular weight excluding hydrogens is 206 g/mol. The van der Waals surface area contributed by atoms with Crippen LogP contribution >= 0.6 is 0 Å². The van der Waals surface area contributed by atoms with Crippen LogP contribution in [0.4, 0.5) is 5.95 Å². The van der Waals surface area contributed by atoms with Crippen LogP contribution in [0.2, 0.25) is 0 Å². The third-order valence-corrected chi connectivity index (χ3v) is 2.52. The first-order valence-electron chi connectivity index (χ1n) is 5.13. The predicted molar refractivity (Wildman–Crippen MR) is 61.5 cm³/mol. The molecular formula is C11H17N3O2. The molecule has 0 amide bonds. The molecule has 0 radical (unpaired) electrons. The minimum absolute atomic E-state index is 0.00129. The highest BCUT2D eigenvalue weighted by atomic mass is 16.4. The molecule has 1 atom stereocenters. The maximum atomic E-state index is 10.7. The predicted octanol–water partition coefficient (Wildman–Crippen LogP) is 2.02. The molecule has 88 valence electrons. The van der Waals surface area contributed by atoms with Crippen molar-refractivity contribution in [1.29, 1.82) is 0 Å². The van der Waals surface area contributed by atoms with Gasteiger partial charge in [-0.15, -0.1) is 0 Å². The number of rotatable bonds is 3. The van der Waals surface area contributed by atoms with Crippen LogP contribution in [-0.2, 0) is 0 Å². The van der Waals surface area contributed by atoms with Crippen LogP contribution in [0.15, 0.2) is 12.3 Å². The third kappa shape index (κ3) is 3.18. The molecule has 0 aliphatic heterocycles. The van der Waals surface area contributed by atoms with E-state index in [0.29, 0.717) is 5.95 Å². The van der Waals surface area contributed by atoms with Gasteiger partial charge in [-0.05, 0) is 18.4 Å². The lowest BCUT2D eigenvalue weighted by molar-refractivity contribution is 0.0690. The number of carboxylic acids is 1. The van der Waals surface area contributed by atoms with Gasteiger partial charge in [-0.25, -0.2) is 14.8 Å². The molecule has 0 bridgehead atoms. The summed E-state index contributed by atoms with van der Waals surface area (Å²) in [5, 5.41) is 11.9. The Labute approximate surface area is 94.9 Å². The Morgan fingerprint density at radius 3 is 2.62 bits per heavy atom. The van der Waals surface area contributed by atoms with Gasteiger partial charge in [-0.3, -0.25) is 0 Å². The van der Waals surface area contributed by atoms with E-state index < -0.39 is 5.97 Å². The van der Waals surface area contributed by atoms with Crippen LogP contribution < -0.4 is 5.32 Å². The van der Waals surface area contributed by atoms with Crippen molar-refractivity contribution in [2.75, 3.05) is 5.32 Å². The second-order valence-electron chi connectivity index (χ2n) is 4.80. The van der Waals surface area contributed by atoms with Gasteiger partial charge in [0.1, 0.15) is 0 Å². The molecule has 1 heterocycles. The van der Waals surface area contributed by atoms with Gasteiger partial charge in [0.25, 0.3) is 0 Å². The van der Waals surface area contributed by atoms with Crippen LogP contribution in [0.3, 0.4) is 0 Å². The van der Waals surface area contributed by atoms with Crippen molar-refractivity contribution in [3.63, 3.8) is 0 Å². The monoisotopic (exact) mass is 223 g/mol. The minimum Gasteiger partial charge on any atom is -0.477 e. The summed E-state index contributed by atoms with van der Waals surface area (Å²) in [6.45, 7) is 8.28. The molecule has 0 aliphatic rings. The molecule has 1 aromatic heterocycles. The van der Waals surface area contributed by atoms with E-state index >= 15 is 0 Å². The largest absolute Gasteiger partial charge is 0.477 e. The lowest BCUT2D eigenvalue weighted by atomic mass is 9.88. The fraction of sp³-hybridized carbons (Fsp3) is 0.545. The third-order valence-electron chi connectivity index (χ3n) is 2.52. The Balaban J connectivity index is 2.82. The number of carbonyl (C=O) groups is 1. The standard InChI is InChI=1S/C11H17N3O2/c1-7(11(2,3)4)13-10-12-6-5-8(14-10)9(15)16/h5-7H,1-4H3,(H,15,16)(H,12,13,14). The Bertz CT molecular complexity index is 385.